The molecule has 0 aliphatic rings. The van der Waals surface area contributed by atoms with E-state index in [1.807, 2.05) is 48.5 Å². The van der Waals surface area contributed by atoms with Crippen molar-refractivity contribution >= 4 is 11.7 Å². The first-order valence-electron chi connectivity index (χ1n) is 8.48. The highest BCUT2D eigenvalue weighted by atomic mass is 16.5. The molecule has 2 N–H and O–H groups in total. The van der Waals surface area contributed by atoms with Gasteiger partial charge in [0.05, 0.1) is 25.8 Å². The van der Waals surface area contributed by atoms with Crippen LogP contribution in [0, 0.1) is 0 Å². The van der Waals surface area contributed by atoms with Crippen LogP contribution < -0.4 is 14.8 Å². The molecule has 0 aliphatic heterocycles. The van der Waals surface area contributed by atoms with Crippen LogP contribution in [-0.2, 0) is 0 Å². The molecule has 5 heteroatoms. The van der Waals surface area contributed by atoms with Crippen LogP contribution in [-0.4, -0.2) is 25.3 Å². The summed E-state index contributed by atoms with van der Waals surface area (Å²) in [5, 5.41) is 12.5. The lowest BCUT2D eigenvalue weighted by atomic mass is 9.98. The Balaban J connectivity index is 1.93. The van der Waals surface area contributed by atoms with Crippen LogP contribution >= 0.6 is 0 Å². The molecular weight excluding hydrogens is 342 g/mol. The number of methoxy groups -OCH3 is 2. The number of anilines is 1. The van der Waals surface area contributed by atoms with E-state index in [0.717, 1.165) is 28.3 Å². The Morgan fingerprint density at radius 2 is 1.22 bits per heavy atom. The van der Waals surface area contributed by atoms with Gasteiger partial charge in [-0.05, 0) is 59.7 Å². The average molecular weight is 363 g/mol. The van der Waals surface area contributed by atoms with Crippen LogP contribution in [0.2, 0.25) is 0 Å². The summed E-state index contributed by atoms with van der Waals surface area (Å²) in [7, 11) is 3.27. The molecule has 3 rings (SSSR count). The fraction of sp³-hybridized carbons (Fsp3) is 0.136. The number of nitrogens with one attached hydrogen (secondary N) is 1. The molecule has 5 nitrogen and oxygen atoms in total. The average Bonchev–Trinajstić information content (AvgIpc) is 2.72. The quantitative estimate of drug-likeness (QED) is 0.642. The Hall–Kier alpha value is -3.47. The molecule has 0 radical (unpaired) electrons. The smallest absolute Gasteiger partial charge is 0.335 e. The van der Waals surface area contributed by atoms with Crippen molar-refractivity contribution in [3.05, 3.63) is 89.5 Å². The molecule has 0 heterocycles. The molecule has 0 aromatic heterocycles. The van der Waals surface area contributed by atoms with Gasteiger partial charge in [-0.3, -0.25) is 0 Å². The second kappa shape index (κ2) is 8.27. The monoisotopic (exact) mass is 363 g/mol. The summed E-state index contributed by atoms with van der Waals surface area (Å²) in [5.41, 5.74) is 3.20. The number of ether oxygens (including phenoxy) is 2. The normalized spacial score (nSPS) is 10.5. The number of carboxylic acid groups (broad SMARTS) is 1. The standard InChI is InChI=1S/C22H21NO4/c1-26-19-11-5-15(6-12-19)21(16-7-13-20(27-2)14-8-16)23-18-9-3-17(4-10-18)22(24)25/h3-14,21,23H,1-2H3,(H,24,25). The van der Waals surface area contributed by atoms with Crippen LogP contribution in [0.25, 0.3) is 0 Å². The Morgan fingerprint density at radius 1 is 0.778 bits per heavy atom. The second-order valence-electron chi connectivity index (χ2n) is 6.01. The molecule has 0 spiro atoms. The van der Waals surface area contributed by atoms with Crippen LogP contribution in [0.5, 0.6) is 11.5 Å². The first kappa shape index (κ1) is 18.3. The van der Waals surface area contributed by atoms with Crippen molar-refractivity contribution in [3.8, 4) is 11.5 Å². The van der Waals surface area contributed by atoms with E-state index < -0.39 is 5.97 Å². The minimum atomic E-state index is -0.941. The van der Waals surface area contributed by atoms with E-state index in [9.17, 15) is 4.79 Å². The van der Waals surface area contributed by atoms with Gasteiger partial charge in [0.15, 0.2) is 0 Å². The highest BCUT2D eigenvalue weighted by Gasteiger charge is 2.15. The van der Waals surface area contributed by atoms with Crippen molar-refractivity contribution in [2.45, 2.75) is 6.04 Å². The van der Waals surface area contributed by atoms with Crippen LogP contribution in [0.3, 0.4) is 0 Å². The molecule has 3 aromatic carbocycles. The van der Waals surface area contributed by atoms with Gasteiger partial charge in [0, 0.05) is 5.69 Å². The molecule has 0 aliphatic carbocycles. The first-order valence-corrected chi connectivity index (χ1v) is 8.48. The number of rotatable bonds is 7. The van der Waals surface area contributed by atoms with Crippen LogP contribution in [0.4, 0.5) is 5.69 Å². The molecule has 0 unspecified atom stereocenters. The second-order valence-corrected chi connectivity index (χ2v) is 6.01. The third kappa shape index (κ3) is 4.39. The Bertz CT molecular complexity index is 840. The molecule has 27 heavy (non-hydrogen) atoms. The summed E-state index contributed by atoms with van der Waals surface area (Å²) in [6.45, 7) is 0. The largest absolute Gasteiger partial charge is 0.497 e. The van der Waals surface area contributed by atoms with Crippen molar-refractivity contribution in [1.82, 2.24) is 0 Å². The summed E-state index contributed by atoms with van der Waals surface area (Å²) in [5.74, 6) is 0.638. The maximum atomic E-state index is 11.1. The summed E-state index contributed by atoms with van der Waals surface area (Å²) < 4.78 is 10.5. The molecule has 0 amide bonds. The number of carboxylic acids is 1. The number of carbonyl (C=O) groups is 1. The Morgan fingerprint density at radius 3 is 1.59 bits per heavy atom. The number of hydrogen-bond acceptors (Lipinski definition) is 4. The van der Waals surface area contributed by atoms with Gasteiger partial charge < -0.3 is 19.9 Å². The zero-order chi connectivity index (χ0) is 19.2. The number of aromatic carboxylic acids is 1. The molecule has 0 bridgehead atoms. The number of benzene rings is 3. The van der Waals surface area contributed by atoms with E-state index in [1.165, 1.54) is 0 Å². The van der Waals surface area contributed by atoms with E-state index in [0.29, 0.717) is 0 Å². The molecule has 0 saturated heterocycles. The van der Waals surface area contributed by atoms with Crippen molar-refractivity contribution < 1.29 is 19.4 Å². The molecule has 3 aromatic rings. The minimum absolute atomic E-state index is 0.113. The topological polar surface area (TPSA) is 67.8 Å². The predicted molar refractivity (Wildman–Crippen MR) is 105 cm³/mol. The third-order valence-electron chi connectivity index (χ3n) is 4.34. The lowest BCUT2D eigenvalue weighted by molar-refractivity contribution is 0.0697. The van der Waals surface area contributed by atoms with Crippen molar-refractivity contribution in [2.75, 3.05) is 19.5 Å². The fourth-order valence-electron chi connectivity index (χ4n) is 2.83. The Kier molecular flexibility index (Phi) is 5.61. The van der Waals surface area contributed by atoms with Crippen LogP contribution in [0.15, 0.2) is 72.8 Å². The van der Waals surface area contributed by atoms with Crippen LogP contribution in [0.1, 0.15) is 27.5 Å². The molecule has 0 fully saturated rings. The lowest BCUT2D eigenvalue weighted by Gasteiger charge is -2.22. The van der Waals surface area contributed by atoms with Gasteiger partial charge in [-0.25, -0.2) is 4.79 Å². The first-order chi connectivity index (χ1) is 13.1. The fourth-order valence-corrected chi connectivity index (χ4v) is 2.83. The minimum Gasteiger partial charge on any atom is -0.497 e. The maximum absolute atomic E-state index is 11.1. The summed E-state index contributed by atoms with van der Waals surface area (Å²) >= 11 is 0. The molecule has 0 saturated carbocycles. The summed E-state index contributed by atoms with van der Waals surface area (Å²) in [4.78, 5) is 11.1. The SMILES string of the molecule is COc1ccc(C(Nc2ccc(C(=O)O)cc2)c2ccc(OC)cc2)cc1. The molecular formula is C22H21NO4. The van der Waals surface area contributed by atoms with Gasteiger partial charge in [-0.2, -0.15) is 0 Å². The van der Waals surface area contributed by atoms with Gasteiger partial charge in [0.25, 0.3) is 0 Å². The van der Waals surface area contributed by atoms with Gasteiger partial charge in [0.2, 0.25) is 0 Å². The molecule has 138 valence electrons. The van der Waals surface area contributed by atoms with E-state index in [2.05, 4.69) is 5.32 Å². The number of hydrogen-bond donors (Lipinski definition) is 2. The third-order valence-corrected chi connectivity index (χ3v) is 4.34. The summed E-state index contributed by atoms with van der Waals surface area (Å²) in [6.07, 6.45) is 0. The van der Waals surface area contributed by atoms with Crippen molar-refractivity contribution in [1.29, 1.82) is 0 Å². The van der Waals surface area contributed by atoms with Gasteiger partial charge in [0.1, 0.15) is 11.5 Å². The highest BCUT2D eigenvalue weighted by molar-refractivity contribution is 5.88. The Labute approximate surface area is 158 Å². The van der Waals surface area contributed by atoms with Crippen molar-refractivity contribution in [2.24, 2.45) is 0 Å². The lowest BCUT2D eigenvalue weighted by Crippen LogP contribution is -2.12. The van der Waals surface area contributed by atoms with E-state index in [-0.39, 0.29) is 11.6 Å². The van der Waals surface area contributed by atoms with Gasteiger partial charge in [-0.15, -0.1) is 0 Å². The zero-order valence-corrected chi connectivity index (χ0v) is 15.2. The van der Waals surface area contributed by atoms with E-state index in [4.69, 9.17) is 14.6 Å². The zero-order valence-electron chi connectivity index (χ0n) is 15.2. The predicted octanol–water partition coefficient (Wildman–Crippen LogP) is 4.60. The summed E-state index contributed by atoms with van der Waals surface area (Å²) in [6, 6.07) is 22.3. The van der Waals surface area contributed by atoms with E-state index in [1.54, 1.807) is 38.5 Å². The molecule has 0 atom stereocenters. The van der Waals surface area contributed by atoms with Gasteiger partial charge in [-0.1, -0.05) is 24.3 Å². The highest BCUT2D eigenvalue weighted by Crippen LogP contribution is 2.29. The van der Waals surface area contributed by atoms with Gasteiger partial charge >= 0.3 is 5.97 Å². The van der Waals surface area contributed by atoms with Crippen molar-refractivity contribution in [3.63, 3.8) is 0 Å². The van der Waals surface area contributed by atoms with E-state index >= 15 is 0 Å². The maximum Gasteiger partial charge on any atom is 0.335 e.